The Hall–Kier alpha value is -3.43. The van der Waals surface area contributed by atoms with Gasteiger partial charge in [-0.1, -0.05) is 53.8 Å². The Bertz CT molecular complexity index is 1340. The van der Waals surface area contributed by atoms with E-state index in [4.69, 9.17) is 0 Å². The van der Waals surface area contributed by atoms with Gasteiger partial charge in [-0.3, -0.25) is 19.9 Å². The smallest absolute Gasteiger partial charge is 0.286 e. The van der Waals surface area contributed by atoms with Crippen LogP contribution in [0.5, 0.6) is 0 Å². The molecule has 1 aromatic carbocycles. The summed E-state index contributed by atoms with van der Waals surface area (Å²) in [4.78, 5) is 34.1. The second-order valence-electron chi connectivity index (χ2n) is 7.16. The zero-order valence-electron chi connectivity index (χ0n) is 17.2. The molecule has 32 heavy (non-hydrogen) atoms. The molecule has 7 nitrogen and oxygen atoms in total. The number of amides is 2. The molecule has 9 heteroatoms. The van der Waals surface area contributed by atoms with Gasteiger partial charge in [0.1, 0.15) is 0 Å². The summed E-state index contributed by atoms with van der Waals surface area (Å²) < 4.78 is 17.0. The molecule has 1 N–H and O–H groups in total. The van der Waals surface area contributed by atoms with E-state index in [2.05, 4.69) is 19.6 Å². The molecule has 4 rings (SSSR count). The Morgan fingerprint density at radius 3 is 2.69 bits per heavy atom. The number of nitrogens with one attached hydrogen (secondary N) is 1. The second-order valence-corrected chi connectivity index (χ2v) is 10.7. The van der Waals surface area contributed by atoms with E-state index in [0.29, 0.717) is 22.7 Å². The van der Waals surface area contributed by atoms with Crippen molar-refractivity contribution in [3.8, 4) is 10.4 Å². The van der Waals surface area contributed by atoms with Crippen molar-refractivity contribution in [2.24, 2.45) is 4.36 Å². The van der Waals surface area contributed by atoms with E-state index in [1.54, 1.807) is 42.7 Å². The average molecular weight is 465 g/mol. The van der Waals surface area contributed by atoms with Gasteiger partial charge in [-0.05, 0) is 24.6 Å². The van der Waals surface area contributed by atoms with Crippen LogP contribution in [-0.4, -0.2) is 37.5 Å². The van der Waals surface area contributed by atoms with Crippen molar-refractivity contribution in [2.45, 2.75) is 11.7 Å². The van der Waals surface area contributed by atoms with Crippen molar-refractivity contribution in [3.05, 3.63) is 90.4 Å². The predicted molar refractivity (Wildman–Crippen MR) is 127 cm³/mol. The first-order chi connectivity index (χ1) is 15.4. The summed E-state index contributed by atoms with van der Waals surface area (Å²) in [6.45, 7) is 0. The molecular weight excluding hydrogens is 444 g/mol. The highest BCUT2D eigenvalue weighted by Crippen LogP contribution is 2.29. The molecule has 1 unspecified atom stereocenters. The number of hydrogen-bond acceptors (Lipinski definition) is 6. The lowest BCUT2D eigenvalue weighted by Crippen LogP contribution is -2.19. The number of rotatable bonds is 5. The summed E-state index contributed by atoms with van der Waals surface area (Å²) in [7, 11) is -2.74. The first-order valence-corrected chi connectivity index (χ1v) is 12.6. The standard InChI is InChI=1S/C23H20N4O3S2/c1-32(30,19-10-6-3-7-11-19)27-22(29)18-12-17(13-24-14-18)20-15-25-23(31-20)26-21(28)16-8-4-2-5-9-16/h2-10,12-15,19H,11H2,1H3,(H,25,26,28)/t19?,32-/m0/s1. The number of pyridine rings is 1. The second kappa shape index (κ2) is 9.37. The molecule has 1 aliphatic rings. The number of thiazole rings is 1. The minimum Gasteiger partial charge on any atom is -0.298 e. The lowest BCUT2D eigenvalue weighted by Gasteiger charge is -2.14. The fourth-order valence-corrected chi connectivity index (χ4v) is 5.30. The van der Waals surface area contributed by atoms with Crippen LogP contribution in [0.25, 0.3) is 10.4 Å². The molecule has 2 atom stereocenters. The molecule has 0 saturated heterocycles. The summed E-state index contributed by atoms with van der Waals surface area (Å²) >= 11 is 1.27. The van der Waals surface area contributed by atoms with E-state index >= 15 is 0 Å². The maximum absolute atomic E-state index is 13.0. The summed E-state index contributed by atoms with van der Waals surface area (Å²) in [5.41, 5.74) is 1.44. The molecule has 0 fully saturated rings. The van der Waals surface area contributed by atoms with E-state index in [1.807, 2.05) is 30.4 Å². The monoisotopic (exact) mass is 464 g/mol. The third kappa shape index (κ3) is 5.06. The van der Waals surface area contributed by atoms with Crippen LogP contribution in [0.2, 0.25) is 0 Å². The molecular formula is C23H20N4O3S2. The van der Waals surface area contributed by atoms with Crippen LogP contribution in [0.3, 0.4) is 0 Å². The van der Waals surface area contributed by atoms with Gasteiger partial charge >= 0.3 is 0 Å². The first kappa shape index (κ1) is 21.8. The molecule has 0 bridgehead atoms. The third-order valence-electron chi connectivity index (χ3n) is 4.80. The van der Waals surface area contributed by atoms with Crippen LogP contribution in [0, 0.1) is 0 Å². The van der Waals surface area contributed by atoms with Crippen LogP contribution in [0.15, 0.2) is 83.7 Å². The first-order valence-electron chi connectivity index (χ1n) is 9.79. The van der Waals surface area contributed by atoms with Crippen molar-refractivity contribution in [3.63, 3.8) is 0 Å². The van der Waals surface area contributed by atoms with Crippen LogP contribution < -0.4 is 5.32 Å². The van der Waals surface area contributed by atoms with Crippen molar-refractivity contribution in [1.82, 2.24) is 9.97 Å². The maximum Gasteiger partial charge on any atom is 0.286 e. The van der Waals surface area contributed by atoms with Gasteiger partial charge in [0.2, 0.25) is 0 Å². The fourth-order valence-electron chi connectivity index (χ4n) is 3.08. The molecule has 2 heterocycles. The van der Waals surface area contributed by atoms with Gasteiger partial charge in [-0.15, -0.1) is 0 Å². The molecule has 0 saturated carbocycles. The summed E-state index contributed by atoms with van der Waals surface area (Å²) in [5.74, 6) is -0.825. The number of allylic oxidation sites excluding steroid dienone is 3. The van der Waals surface area contributed by atoms with Crippen LogP contribution in [0.4, 0.5) is 5.13 Å². The zero-order valence-corrected chi connectivity index (χ0v) is 18.8. The Morgan fingerprint density at radius 2 is 1.94 bits per heavy atom. The van der Waals surface area contributed by atoms with E-state index in [-0.39, 0.29) is 16.7 Å². The van der Waals surface area contributed by atoms with Crippen LogP contribution >= 0.6 is 11.3 Å². The lowest BCUT2D eigenvalue weighted by atomic mass is 10.2. The Labute approximate surface area is 190 Å². The highest BCUT2D eigenvalue weighted by Gasteiger charge is 2.19. The summed E-state index contributed by atoms with van der Waals surface area (Å²) in [6, 6.07) is 10.5. The number of carbonyl (C=O) groups excluding carboxylic acids is 2. The van der Waals surface area contributed by atoms with Gasteiger partial charge in [0.15, 0.2) is 5.13 Å². The molecule has 2 amide bonds. The van der Waals surface area contributed by atoms with Crippen LogP contribution in [0.1, 0.15) is 27.1 Å². The number of benzene rings is 1. The van der Waals surface area contributed by atoms with Gasteiger partial charge in [-0.25, -0.2) is 9.19 Å². The van der Waals surface area contributed by atoms with Crippen molar-refractivity contribution >= 4 is 38.0 Å². The number of hydrogen-bond donors (Lipinski definition) is 1. The highest BCUT2D eigenvalue weighted by atomic mass is 32.2. The average Bonchev–Trinajstić information content (AvgIpc) is 3.28. The van der Waals surface area contributed by atoms with Crippen molar-refractivity contribution < 1.29 is 13.8 Å². The lowest BCUT2D eigenvalue weighted by molar-refractivity contribution is 0.100. The molecule has 2 aromatic heterocycles. The summed E-state index contributed by atoms with van der Waals surface area (Å²) in [5, 5.41) is 2.90. The van der Waals surface area contributed by atoms with Gasteiger partial charge in [0.25, 0.3) is 11.8 Å². The molecule has 1 aliphatic carbocycles. The molecule has 0 radical (unpaired) electrons. The Kier molecular flexibility index (Phi) is 6.38. The van der Waals surface area contributed by atoms with Crippen LogP contribution in [-0.2, 0) is 9.73 Å². The van der Waals surface area contributed by atoms with E-state index < -0.39 is 15.6 Å². The minimum atomic E-state index is -2.74. The quantitative estimate of drug-likeness (QED) is 0.596. The largest absolute Gasteiger partial charge is 0.298 e. The zero-order chi connectivity index (χ0) is 22.6. The molecule has 3 aromatic rings. The fraction of sp³-hybridized carbons (Fsp3) is 0.130. The summed E-state index contributed by atoms with van der Waals surface area (Å²) in [6.07, 6.45) is 14.1. The number of carbonyl (C=O) groups is 2. The normalized spacial score (nSPS) is 16.8. The number of anilines is 1. The SMILES string of the molecule is C[S@@](=O)(=NC(=O)c1cncc(-c2cnc(NC(=O)c3ccccc3)s2)c1)C1C=CC=CC1. The minimum absolute atomic E-state index is 0.246. The van der Waals surface area contributed by atoms with Gasteiger partial charge in [0, 0.05) is 36.0 Å². The van der Waals surface area contributed by atoms with Crippen molar-refractivity contribution in [2.75, 3.05) is 11.6 Å². The third-order valence-corrected chi connectivity index (χ3v) is 7.76. The van der Waals surface area contributed by atoms with Gasteiger partial charge in [0.05, 0.1) is 25.4 Å². The Balaban J connectivity index is 1.52. The van der Waals surface area contributed by atoms with E-state index in [9.17, 15) is 13.8 Å². The van der Waals surface area contributed by atoms with E-state index in [0.717, 1.165) is 4.88 Å². The van der Waals surface area contributed by atoms with Crippen molar-refractivity contribution in [1.29, 1.82) is 0 Å². The maximum atomic E-state index is 13.0. The molecule has 162 valence electrons. The highest BCUT2D eigenvalue weighted by molar-refractivity contribution is 7.94. The number of aromatic nitrogens is 2. The Morgan fingerprint density at radius 1 is 1.12 bits per heavy atom. The van der Waals surface area contributed by atoms with E-state index in [1.165, 1.54) is 23.8 Å². The topological polar surface area (TPSA) is 101 Å². The van der Waals surface area contributed by atoms with Gasteiger partial charge in [-0.2, -0.15) is 4.36 Å². The molecule has 0 aliphatic heterocycles. The number of nitrogens with zero attached hydrogens (tertiary/aromatic N) is 3. The predicted octanol–water partition coefficient (Wildman–Crippen LogP) is 4.58. The van der Waals surface area contributed by atoms with Gasteiger partial charge < -0.3 is 0 Å². The molecule has 0 spiro atoms.